The van der Waals surface area contributed by atoms with Crippen LogP contribution in [0.4, 0.5) is 15.5 Å². The first-order valence-corrected chi connectivity index (χ1v) is 9.03. The molecule has 0 fully saturated rings. The highest BCUT2D eigenvalue weighted by molar-refractivity contribution is 7.22. The molecule has 0 bridgehead atoms. The summed E-state index contributed by atoms with van der Waals surface area (Å²) in [5.41, 5.74) is -0.272. The summed E-state index contributed by atoms with van der Waals surface area (Å²) in [6.45, 7) is 0. The molecule has 0 saturated carbocycles. The molecule has 0 radical (unpaired) electrons. The average Bonchev–Trinajstić information content (AvgIpc) is 3.05. The second kappa shape index (κ2) is 7.59. The summed E-state index contributed by atoms with van der Waals surface area (Å²) in [4.78, 5) is 37.3. The third-order valence-corrected chi connectivity index (χ3v) is 5.50. The molecule has 0 saturated heterocycles. The fourth-order valence-corrected chi connectivity index (χ4v) is 3.49. The Balaban J connectivity index is 1.87. The monoisotopic (exact) mass is 426 g/mol. The number of nitrogens with one attached hydrogen (secondary N) is 1. The maximum absolute atomic E-state index is 12.5. The van der Waals surface area contributed by atoms with E-state index >= 15 is 0 Å². The van der Waals surface area contributed by atoms with Crippen molar-refractivity contribution in [2.75, 3.05) is 24.4 Å². The summed E-state index contributed by atoms with van der Waals surface area (Å²) in [5.74, 6) is -0.786. The van der Waals surface area contributed by atoms with Gasteiger partial charge in [-0.2, -0.15) is 0 Å². The average molecular weight is 427 g/mol. The van der Waals surface area contributed by atoms with Gasteiger partial charge in [-0.3, -0.25) is 4.90 Å². The zero-order valence-electron chi connectivity index (χ0n) is 14.0. The number of anilines is 2. The molecule has 0 aliphatic heterocycles. The Labute approximate surface area is 167 Å². The number of benzene rings is 1. The van der Waals surface area contributed by atoms with E-state index in [0.29, 0.717) is 25.4 Å². The Morgan fingerprint density at radius 3 is 2.59 bits per heavy atom. The maximum atomic E-state index is 12.5. The van der Waals surface area contributed by atoms with Crippen LogP contribution in [0, 0.1) is 0 Å². The molecule has 10 heteroatoms. The SMILES string of the molecule is COC(=O)c1cc2sc(N(C)C(=O)Nc3ccc(Cl)c(Cl)c3)cc2oc1=O. The minimum atomic E-state index is -0.804. The van der Waals surface area contributed by atoms with Gasteiger partial charge in [0.2, 0.25) is 0 Å². The lowest BCUT2D eigenvalue weighted by molar-refractivity contribution is 0.0596. The van der Waals surface area contributed by atoms with E-state index in [1.807, 2.05) is 0 Å². The molecule has 2 aromatic heterocycles. The van der Waals surface area contributed by atoms with Crippen molar-refractivity contribution in [3.8, 4) is 0 Å². The van der Waals surface area contributed by atoms with E-state index < -0.39 is 17.6 Å². The number of halogens is 2. The van der Waals surface area contributed by atoms with Crippen molar-refractivity contribution in [3.63, 3.8) is 0 Å². The number of carbonyl (C=O) groups excluding carboxylic acids is 2. The zero-order chi connectivity index (χ0) is 19.7. The Bertz CT molecular complexity index is 1110. The number of hydrogen-bond donors (Lipinski definition) is 1. The topological polar surface area (TPSA) is 88.8 Å². The minimum Gasteiger partial charge on any atom is -0.465 e. The summed E-state index contributed by atoms with van der Waals surface area (Å²) in [6.07, 6.45) is 0. The molecule has 0 spiro atoms. The molecular formula is C17H12Cl2N2O5S. The molecule has 1 N–H and O–H groups in total. The van der Waals surface area contributed by atoms with Gasteiger partial charge >= 0.3 is 17.6 Å². The van der Waals surface area contributed by atoms with E-state index in [4.69, 9.17) is 27.6 Å². The van der Waals surface area contributed by atoms with Crippen molar-refractivity contribution in [2.45, 2.75) is 0 Å². The first kappa shape index (κ1) is 19.2. The quantitative estimate of drug-likeness (QED) is 0.617. The second-order valence-electron chi connectivity index (χ2n) is 5.37. The van der Waals surface area contributed by atoms with E-state index in [-0.39, 0.29) is 11.1 Å². The number of hydrogen-bond acceptors (Lipinski definition) is 6. The van der Waals surface area contributed by atoms with Crippen LogP contribution in [0.3, 0.4) is 0 Å². The van der Waals surface area contributed by atoms with Crippen molar-refractivity contribution in [3.05, 3.63) is 56.4 Å². The molecule has 0 aliphatic rings. The molecular weight excluding hydrogens is 415 g/mol. The van der Waals surface area contributed by atoms with E-state index in [0.717, 1.165) is 0 Å². The van der Waals surface area contributed by atoms with Crippen molar-refractivity contribution < 1.29 is 18.7 Å². The van der Waals surface area contributed by atoms with Crippen LogP contribution < -0.4 is 15.8 Å². The lowest BCUT2D eigenvalue weighted by Crippen LogP contribution is -2.30. The van der Waals surface area contributed by atoms with Gasteiger partial charge in [0.1, 0.15) is 10.6 Å². The maximum Gasteiger partial charge on any atom is 0.351 e. The number of fused-ring (bicyclic) bond motifs is 1. The van der Waals surface area contributed by atoms with E-state index in [1.165, 1.54) is 41.5 Å². The number of carbonyl (C=O) groups is 2. The standard InChI is InChI=1S/C17H12Cl2N2O5S/c1-21(17(24)20-8-3-4-10(18)11(19)5-8)14-7-12-13(27-14)6-9(15(22)25-2)16(23)26-12/h3-7H,1-2H3,(H,20,24). The fraction of sp³-hybridized carbons (Fsp3) is 0.118. The molecule has 0 atom stereocenters. The van der Waals surface area contributed by atoms with Crippen LogP contribution in [-0.4, -0.2) is 26.2 Å². The first-order chi connectivity index (χ1) is 12.8. The van der Waals surface area contributed by atoms with Crippen LogP contribution in [0.15, 0.2) is 39.5 Å². The predicted molar refractivity (Wildman–Crippen MR) is 106 cm³/mol. The molecule has 7 nitrogen and oxygen atoms in total. The van der Waals surface area contributed by atoms with Crippen LogP contribution in [0.5, 0.6) is 0 Å². The van der Waals surface area contributed by atoms with Crippen molar-refractivity contribution in [1.29, 1.82) is 0 Å². The largest absolute Gasteiger partial charge is 0.465 e. The molecule has 3 aromatic rings. The molecule has 2 amide bonds. The van der Waals surface area contributed by atoms with Gasteiger partial charge in [-0.15, -0.1) is 11.3 Å². The normalized spacial score (nSPS) is 10.7. The summed E-state index contributed by atoms with van der Waals surface area (Å²) in [5, 5.41) is 3.89. The van der Waals surface area contributed by atoms with Gasteiger partial charge in [0, 0.05) is 18.8 Å². The third-order valence-electron chi connectivity index (χ3n) is 3.62. The van der Waals surface area contributed by atoms with Crippen LogP contribution in [0.2, 0.25) is 10.0 Å². The number of urea groups is 1. The summed E-state index contributed by atoms with van der Waals surface area (Å²) in [7, 11) is 2.73. The van der Waals surface area contributed by atoms with Gasteiger partial charge in [-0.05, 0) is 24.3 Å². The Hall–Kier alpha value is -2.55. The van der Waals surface area contributed by atoms with Crippen molar-refractivity contribution >= 4 is 67.5 Å². The summed E-state index contributed by atoms with van der Waals surface area (Å²) >= 11 is 13.0. The number of ether oxygens (including phenoxy) is 1. The lowest BCUT2D eigenvalue weighted by atomic mass is 10.3. The third kappa shape index (κ3) is 3.92. The number of nitrogens with zero attached hydrogens (tertiary/aromatic N) is 1. The van der Waals surface area contributed by atoms with Crippen LogP contribution in [0.1, 0.15) is 10.4 Å². The predicted octanol–water partition coefficient (Wildman–Crippen LogP) is 4.62. The van der Waals surface area contributed by atoms with Crippen molar-refractivity contribution in [1.82, 2.24) is 0 Å². The van der Waals surface area contributed by atoms with Gasteiger partial charge in [0.25, 0.3) is 0 Å². The molecule has 0 aliphatic carbocycles. The van der Waals surface area contributed by atoms with Gasteiger partial charge in [0.05, 0.1) is 21.9 Å². The minimum absolute atomic E-state index is 0.207. The molecule has 140 valence electrons. The Morgan fingerprint density at radius 1 is 1.19 bits per heavy atom. The second-order valence-corrected chi connectivity index (χ2v) is 7.25. The van der Waals surface area contributed by atoms with E-state index in [2.05, 4.69) is 10.1 Å². The molecule has 1 aromatic carbocycles. The highest BCUT2D eigenvalue weighted by Crippen LogP contribution is 2.32. The highest BCUT2D eigenvalue weighted by atomic mass is 35.5. The highest BCUT2D eigenvalue weighted by Gasteiger charge is 2.19. The number of amides is 2. The number of thiophene rings is 1. The van der Waals surface area contributed by atoms with Crippen molar-refractivity contribution in [2.24, 2.45) is 0 Å². The molecule has 27 heavy (non-hydrogen) atoms. The van der Waals surface area contributed by atoms with Crippen LogP contribution in [0.25, 0.3) is 10.3 Å². The lowest BCUT2D eigenvalue weighted by Gasteiger charge is -2.16. The van der Waals surface area contributed by atoms with Gasteiger partial charge in [-0.25, -0.2) is 14.4 Å². The Morgan fingerprint density at radius 2 is 1.93 bits per heavy atom. The van der Waals surface area contributed by atoms with Crippen LogP contribution >= 0.6 is 34.5 Å². The van der Waals surface area contributed by atoms with E-state index in [1.54, 1.807) is 19.2 Å². The van der Waals surface area contributed by atoms with E-state index in [9.17, 15) is 14.4 Å². The molecule has 3 rings (SSSR count). The van der Waals surface area contributed by atoms with Crippen LogP contribution in [-0.2, 0) is 4.74 Å². The van der Waals surface area contributed by atoms with Gasteiger partial charge in [-0.1, -0.05) is 23.2 Å². The molecule has 0 unspecified atom stereocenters. The Kier molecular flexibility index (Phi) is 5.41. The summed E-state index contributed by atoms with van der Waals surface area (Å²) in [6, 6.07) is 7.20. The van der Waals surface area contributed by atoms with Gasteiger partial charge < -0.3 is 14.5 Å². The smallest absolute Gasteiger partial charge is 0.351 e. The zero-order valence-corrected chi connectivity index (χ0v) is 16.4. The first-order valence-electron chi connectivity index (χ1n) is 7.46. The van der Waals surface area contributed by atoms with Gasteiger partial charge in [0.15, 0.2) is 5.58 Å². The number of methoxy groups -OCH3 is 1. The number of esters is 1. The number of rotatable bonds is 3. The summed E-state index contributed by atoms with van der Waals surface area (Å²) < 4.78 is 10.2. The fourth-order valence-electron chi connectivity index (χ4n) is 2.20. The molecule has 2 heterocycles.